The molecule has 74 valence electrons. The van der Waals surface area contributed by atoms with E-state index in [1.54, 1.807) is 0 Å². The summed E-state index contributed by atoms with van der Waals surface area (Å²) in [6.07, 6.45) is 0. The molecule has 0 rings (SSSR count). The fourth-order valence-corrected chi connectivity index (χ4v) is 6.78. The van der Waals surface area contributed by atoms with Gasteiger partial charge in [-0.2, -0.15) is 0 Å². The molecular weight excluding hydrogens is 208 g/mol. The lowest BCUT2D eigenvalue weighted by molar-refractivity contribution is 0.611. The normalized spacial score (nSPS) is 13.3. The van der Waals surface area contributed by atoms with Crippen molar-refractivity contribution in [2.75, 3.05) is 11.5 Å². The van der Waals surface area contributed by atoms with Gasteiger partial charge in [-0.15, -0.1) is 0 Å². The van der Waals surface area contributed by atoms with Crippen molar-refractivity contribution in [2.45, 2.75) is 32.6 Å². The first-order valence-electron chi connectivity index (χ1n) is 4.14. The third-order valence-corrected chi connectivity index (χ3v) is 7.10. The Hall–Kier alpha value is 0.517. The average Bonchev–Trinajstić information content (AvgIpc) is 1.83. The van der Waals surface area contributed by atoms with Gasteiger partial charge in [-0.3, -0.25) is 0 Å². The van der Waals surface area contributed by atoms with Crippen molar-refractivity contribution < 1.29 is 8.42 Å². The highest BCUT2D eigenvalue weighted by molar-refractivity contribution is 8.72. The summed E-state index contributed by atoms with van der Waals surface area (Å²) in [5.74, 6) is 1.02. The zero-order valence-electron chi connectivity index (χ0n) is 8.25. The Balaban J connectivity index is 3.94. The molecule has 0 spiro atoms. The highest BCUT2D eigenvalue weighted by Gasteiger charge is 2.18. The molecule has 0 aliphatic carbocycles. The van der Waals surface area contributed by atoms with E-state index in [0.717, 1.165) is 16.8 Å². The van der Waals surface area contributed by atoms with Gasteiger partial charge in [0, 0.05) is 13.8 Å². The molecule has 12 heavy (non-hydrogen) atoms. The lowest BCUT2D eigenvalue weighted by Crippen LogP contribution is -2.22. The number of hydrogen-bond donors (Lipinski definition) is 0. The van der Waals surface area contributed by atoms with E-state index in [9.17, 15) is 8.42 Å². The topological polar surface area (TPSA) is 34.1 Å². The van der Waals surface area contributed by atoms with Crippen molar-refractivity contribution in [3.8, 4) is 0 Å². The molecule has 0 aromatic rings. The molecule has 0 fully saturated rings. The van der Waals surface area contributed by atoms with Gasteiger partial charge in [0.2, 0.25) is 8.87 Å². The van der Waals surface area contributed by atoms with Crippen LogP contribution < -0.4 is 0 Å². The van der Waals surface area contributed by atoms with Gasteiger partial charge in [-0.25, -0.2) is 8.42 Å². The Morgan fingerprint density at radius 2 is 1.75 bits per heavy atom. The third-order valence-electron chi connectivity index (χ3n) is 1.40. The van der Waals surface area contributed by atoms with Crippen LogP contribution in [0.5, 0.6) is 0 Å². The van der Waals surface area contributed by atoms with E-state index < -0.39 is 16.9 Å². The molecule has 0 saturated heterocycles. The third kappa shape index (κ3) is 7.18. The van der Waals surface area contributed by atoms with Crippen LogP contribution in [0.25, 0.3) is 0 Å². The zero-order valence-corrected chi connectivity index (χ0v) is 10.9. The molecule has 2 nitrogen and oxygen atoms in total. The van der Waals surface area contributed by atoms with Crippen molar-refractivity contribution in [1.29, 1.82) is 0 Å². The summed E-state index contributed by atoms with van der Waals surface area (Å²) in [7, 11) is -2.93. The summed E-state index contributed by atoms with van der Waals surface area (Å²) in [6.45, 7) is 8.45. The van der Waals surface area contributed by atoms with Crippen LogP contribution in [0, 0.1) is 0 Å². The van der Waals surface area contributed by atoms with Gasteiger partial charge in [-0.1, -0.05) is 26.6 Å². The molecule has 0 atom stereocenters. The van der Waals surface area contributed by atoms with Crippen LogP contribution in [0.3, 0.4) is 0 Å². The van der Waals surface area contributed by atoms with Crippen molar-refractivity contribution >= 4 is 27.7 Å². The number of hydrogen-bond acceptors (Lipinski definition) is 3. The molecular formula is C7H18O2S2Si. The van der Waals surface area contributed by atoms with Crippen LogP contribution >= 0.6 is 10.8 Å². The van der Waals surface area contributed by atoms with E-state index in [-0.39, 0.29) is 0 Å². The second-order valence-corrected chi connectivity index (χ2v) is 14.2. The van der Waals surface area contributed by atoms with E-state index >= 15 is 0 Å². The fourth-order valence-electron chi connectivity index (χ4n) is 0.670. The molecule has 0 amide bonds. The molecule has 0 N–H and O–H groups in total. The average molecular weight is 226 g/mol. The predicted octanol–water partition coefficient (Wildman–Crippen LogP) is 2.41. The van der Waals surface area contributed by atoms with Gasteiger partial charge >= 0.3 is 0 Å². The summed E-state index contributed by atoms with van der Waals surface area (Å²) in [6, 6.07) is 0.877. The van der Waals surface area contributed by atoms with Crippen LogP contribution in [0.4, 0.5) is 0 Å². The Kier molecular flexibility index (Phi) is 4.87. The SMILES string of the molecule is CCSS(=O)(=O)CC[Si](C)(C)C. The first-order chi connectivity index (χ1) is 5.27. The molecule has 0 heterocycles. The van der Waals surface area contributed by atoms with Crippen molar-refractivity contribution in [2.24, 2.45) is 0 Å². The Morgan fingerprint density at radius 1 is 1.25 bits per heavy atom. The smallest absolute Gasteiger partial charge is 0.201 e. The minimum absolute atomic E-state index is 0.362. The molecule has 0 saturated carbocycles. The van der Waals surface area contributed by atoms with Crippen molar-refractivity contribution in [3.63, 3.8) is 0 Å². The Labute approximate surface area is 80.5 Å². The van der Waals surface area contributed by atoms with Gasteiger partial charge in [0.15, 0.2) is 0 Å². The summed E-state index contributed by atoms with van der Waals surface area (Å²) in [5, 5.41) is 0. The highest BCUT2D eigenvalue weighted by atomic mass is 33.1. The van der Waals surface area contributed by atoms with Crippen LogP contribution in [0.15, 0.2) is 0 Å². The lowest BCUT2D eigenvalue weighted by Gasteiger charge is -2.14. The quantitative estimate of drug-likeness (QED) is 0.533. The van der Waals surface area contributed by atoms with Gasteiger partial charge < -0.3 is 0 Å². The molecule has 5 heteroatoms. The van der Waals surface area contributed by atoms with Crippen molar-refractivity contribution in [1.82, 2.24) is 0 Å². The fraction of sp³-hybridized carbons (Fsp3) is 1.00. The molecule has 0 aromatic heterocycles. The largest absolute Gasteiger partial charge is 0.217 e. The first-order valence-corrected chi connectivity index (χ1v) is 11.0. The first kappa shape index (κ1) is 12.5. The Bertz CT molecular complexity index is 216. The summed E-state index contributed by atoms with van der Waals surface area (Å²) in [4.78, 5) is 0. The molecule has 0 unspecified atom stereocenters. The van der Waals surface area contributed by atoms with E-state index in [1.165, 1.54) is 0 Å². The van der Waals surface area contributed by atoms with E-state index in [2.05, 4.69) is 19.6 Å². The monoisotopic (exact) mass is 226 g/mol. The van der Waals surface area contributed by atoms with E-state index in [4.69, 9.17) is 0 Å². The maximum absolute atomic E-state index is 11.3. The lowest BCUT2D eigenvalue weighted by atomic mass is 11.0. The summed E-state index contributed by atoms with van der Waals surface area (Å²) in [5.41, 5.74) is 0. The highest BCUT2D eigenvalue weighted by Crippen LogP contribution is 2.17. The second kappa shape index (κ2) is 4.67. The standard InChI is InChI=1S/C7H18O2S2Si/c1-5-10-11(8,9)6-7-12(2,3)4/h5-7H2,1-4H3. The van der Waals surface area contributed by atoms with E-state index in [0.29, 0.717) is 11.5 Å². The van der Waals surface area contributed by atoms with E-state index in [1.807, 2.05) is 6.92 Å². The molecule has 0 aliphatic heterocycles. The minimum Gasteiger partial charge on any atom is -0.217 e. The zero-order chi connectivity index (χ0) is 9.83. The van der Waals surface area contributed by atoms with Crippen molar-refractivity contribution in [3.05, 3.63) is 0 Å². The van der Waals surface area contributed by atoms with Gasteiger partial charge in [0.05, 0.1) is 5.75 Å². The van der Waals surface area contributed by atoms with Crippen LogP contribution in [0.1, 0.15) is 6.92 Å². The number of rotatable bonds is 5. The summed E-state index contributed by atoms with van der Waals surface area (Å²) >= 11 is 0. The van der Waals surface area contributed by atoms with Crippen LogP contribution in [-0.4, -0.2) is 28.0 Å². The van der Waals surface area contributed by atoms with Gasteiger partial charge in [0.1, 0.15) is 0 Å². The minimum atomic E-state index is -2.81. The molecule has 0 aliphatic rings. The van der Waals surface area contributed by atoms with Gasteiger partial charge in [-0.05, 0) is 16.8 Å². The maximum atomic E-state index is 11.3. The molecule has 0 bridgehead atoms. The second-order valence-electron chi connectivity index (χ2n) is 3.98. The Morgan fingerprint density at radius 3 is 2.08 bits per heavy atom. The summed E-state index contributed by atoms with van der Waals surface area (Å²) < 4.78 is 22.5. The maximum Gasteiger partial charge on any atom is 0.201 e. The predicted molar refractivity (Wildman–Crippen MR) is 60.1 cm³/mol. The van der Waals surface area contributed by atoms with Gasteiger partial charge in [0.25, 0.3) is 0 Å². The van der Waals surface area contributed by atoms with Crippen LogP contribution in [0.2, 0.25) is 25.7 Å². The molecule has 0 radical (unpaired) electrons. The van der Waals surface area contributed by atoms with Crippen LogP contribution in [-0.2, 0) is 8.87 Å². The molecule has 0 aromatic carbocycles.